The number of nitrogens with two attached hydrogens (primary N) is 1. The van der Waals surface area contributed by atoms with Crippen LogP contribution in [0.15, 0.2) is 18.2 Å². The molecule has 0 radical (unpaired) electrons. The minimum atomic E-state index is -1.46. The van der Waals surface area contributed by atoms with Gasteiger partial charge in [-0.1, -0.05) is 42.1 Å². The highest BCUT2D eigenvalue weighted by Gasteiger charge is 2.45. The molecule has 1 aliphatic rings. The number of carbonyl (C=O) groups excluding carboxylic acids is 1. The summed E-state index contributed by atoms with van der Waals surface area (Å²) in [6.07, 6.45) is -2.86. The summed E-state index contributed by atoms with van der Waals surface area (Å²) in [5.74, 6) is -0.528. The molecule has 1 unspecified atom stereocenters. The molecular weight excluding hydrogens is 423 g/mol. The average molecular weight is 451 g/mol. The second kappa shape index (κ2) is 12.0. The molecule has 0 bridgehead atoms. The highest BCUT2D eigenvalue weighted by atomic mass is 35.5. The highest BCUT2D eigenvalue weighted by molar-refractivity contribution is 6.42. The Hall–Kier alpha value is -0.970. The van der Waals surface area contributed by atoms with E-state index in [0.717, 1.165) is 25.7 Å². The van der Waals surface area contributed by atoms with Gasteiger partial charge in [-0.25, -0.2) is 0 Å². The Morgan fingerprint density at radius 2 is 1.90 bits per heavy atom. The fraction of sp³-hybridized carbons (Fsp3) is 0.632. The highest BCUT2D eigenvalue weighted by Crippen LogP contribution is 2.34. The number of unbranched alkanes of at least 4 members (excludes halogenated alkanes) is 3. The summed E-state index contributed by atoms with van der Waals surface area (Å²) in [5, 5.41) is 33.1. The molecule has 164 valence electrons. The summed E-state index contributed by atoms with van der Waals surface area (Å²) in [7, 11) is 0. The summed E-state index contributed by atoms with van der Waals surface area (Å²) < 4.78 is 11.3. The molecule has 1 amide bonds. The van der Waals surface area contributed by atoms with Crippen LogP contribution < -0.4 is 11.1 Å². The van der Waals surface area contributed by atoms with Gasteiger partial charge in [-0.05, 0) is 31.5 Å². The van der Waals surface area contributed by atoms with Crippen LogP contribution in [0.3, 0.4) is 0 Å². The number of aliphatic hydroxyl groups excluding tert-OH is 3. The zero-order valence-corrected chi connectivity index (χ0v) is 17.5. The van der Waals surface area contributed by atoms with Crippen molar-refractivity contribution in [3.05, 3.63) is 33.8 Å². The van der Waals surface area contributed by atoms with Crippen molar-refractivity contribution in [3.8, 4) is 0 Å². The lowest BCUT2D eigenvalue weighted by molar-refractivity contribution is -0.299. The Balaban J connectivity index is 2.07. The predicted molar refractivity (Wildman–Crippen MR) is 109 cm³/mol. The molecule has 1 saturated heterocycles. The van der Waals surface area contributed by atoms with Crippen molar-refractivity contribution in [3.63, 3.8) is 0 Å². The molecule has 0 aromatic heterocycles. The lowest BCUT2D eigenvalue weighted by Gasteiger charge is -2.40. The van der Waals surface area contributed by atoms with Crippen LogP contribution in [0.1, 0.15) is 37.5 Å². The van der Waals surface area contributed by atoms with E-state index in [1.165, 1.54) is 6.07 Å². The smallest absolute Gasteiger partial charge is 0.252 e. The summed E-state index contributed by atoms with van der Waals surface area (Å²) >= 11 is 12.0. The zero-order valence-electron chi connectivity index (χ0n) is 16.0. The van der Waals surface area contributed by atoms with Crippen molar-refractivity contribution in [2.75, 3.05) is 19.7 Å². The fourth-order valence-electron chi connectivity index (χ4n) is 3.03. The Kier molecular flexibility index (Phi) is 10.1. The summed E-state index contributed by atoms with van der Waals surface area (Å²) in [6, 6.07) is 4.66. The van der Waals surface area contributed by atoms with Crippen LogP contribution in [0.5, 0.6) is 0 Å². The summed E-state index contributed by atoms with van der Waals surface area (Å²) in [5.41, 5.74) is 5.91. The van der Waals surface area contributed by atoms with E-state index in [1.807, 2.05) is 0 Å². The molecule has 1 aromatic rings. The van der Waals surface area contributed by atoms with E-state index >= 15 is 0 Å². The van der Waals surface area contributed by atoms with Gasteiger partial charge >= 0.3 is 0 Å². The molecule has 0 saturated carbocycles. The van der Waals surface area contributed by atoms with Gasteiger partial charge in [0.1, 0.15) is 18.3 Å². The third-order valence-corrected chi connectivity index (χ3v) is 5.41. The van der Waals surface area contributed by atoms with Crippen LogP contribution in [-0.4, -0.2) is 65.3 Å². The van der Waals surface area contributed by atoms with Crippen molar-refractivity contribution in [1.82, 2.24) is 5.32 Å². The Morgan fingerprint density at radius 3 is 2.55 bits per heavy atom. The van der Waals surface area contributed by atoms with Crippen molar-refractivity contribution < 1.29 is 29.6 Å². The number of aliphatic hydroxyl groups is 3. The number of hydrogen-bond acceptors (Lipinski definition) is 7. The number of benzene rings is 1. The van der Waals surface area contributed by atoms with E-state index in [0.29, 0.717) is 23.7 Å². The van der Waals surface area contributed by atoms with E-state index in [9.17, 15) is 20.1 Å². The molecule has 2 rings (SSSR count). The number of nitrogens with one attached hydrogen (secondary N) is 1. The number of carbonyl (C=O) groups is 1. The number of amides is 1. The van der Waals surface area contributed by atoms with Crippen LogP contribution in [0, 0.1) is 0 Å². The number of hydrogen-bond donors (Lipinski definition) is 5. The summed E-state index contributed by atoms with van der Waals surface area (Å²) in [6.45, 7) is 0.409. The van der Waals surface area contributed by atoms with Gasteiger partial charge in [-0.15, -0.1) is 0 Å². The maximum Gasteiger partial charge on any atom is 0.252 e. The molecule has 1 fully saturated rings. The molecule has 0 spiro atoms. The van der Waals surface area contributed by atoms with Gasteiger partial charge in [0.25, 0.3) is 5.91 Å². The molecule has 0 aliphatic carbocycles. The molecule has 10 heteroatoms. The lowest BCUT2D eigenvalue weighted by Crippen LogP contribution is -2.58. The summed E-state index contributed by atoms with van der Waals surface area (Å²) in [4.78, 5) is 12.6. The van der Waals surface area contributed by atoms with Crippen molar-refractivity contribution in [2.45, 2.75) is 56.4 Å². The van der Waals surface area contributed by atoms with E-state index in [2.05, 4.69) is 5.32 Å². The second-order valence-corrected chi connectivity index (χ2v) is 7.71. The van der Waals surface area contributed by atoms with E-state index in [4.69, 9.17) is 38.4 Å². The number of rotatable bonds is 10. The maximum atomic E-state index is 12.6. The maximum absolute atomic E-state index is 12.6. The first-order chi connectivity index (χ1) is 13.9. The number of halogens is 2. The first kappa shape index (κ1) is 24.3. The van der Waals surface area contributed by atoms with Gasteiger partial charge in [0, 0.05) is 12.1 Å². The van der Waals surface area contributed by atoms with Crippen molar-refractivity contribution in [1.29, 1.82) is 0 Å². The molecule has 1 heterocycles. The normalized spacial score (nSPS) is 25.6. The third kappa shape index (κ3) is 6.77. The van der Waals surface area contributed by atoms with Crippen LogP contribution in [0.25, 0.3) is 0 Å². The van der Waals surface area contributed by atoms with Crippen molar-refractivity contribution >= 4 is 29.1 Å². The lowest BCUT2D eigenvalue weighted by atomic mass is 10.00. The average Bonchev–Trinajstić information content (AvgIpc) is 2.72. The Bertz CT molecular complexity index is 666. The van der Waals surface area contributed by atoms with Gasteiger partial charge in [-0.3, -0.25) is 4.79 Å². The topological polar surface area (TPSA) is 134 Å². The molecule has 29 heavy (non-hydrogen) atoms. The van der Waals surface area contributed by atoms with Crippen molar-refractivity contribution in [2.24, 2.45) is 5.73 Å². The van der Waals surface area contributed by atoms with Crippen LogP contribution >= 0.6 is 23.2 Å². The van der Waals surface area contributed by atoms with Crippen LogP contribution in [0.4, 0.5) is 0 Å². The van der Waals surface area contributed by atoms with E-state index < -0.39 is 43.2 Å². The Morgan fingerprint density at radius 1 is 1.17 bits per heavy atom. The zero-order chi connectivity index (χ0) is 21.4. The monoisotopic (exact) mass is 450 g/mol. The third-order valence-electron chi connectivity index (χ3n) is 4.67. The van der Waals surface area contributed by atoms with E-state index in [-0.39, 0.29) is 5.02 Å². The predicted octanol–water partition coefficient (Wildman–Crippen LogP) is 1.13. The molecule has 5 atom stereocenters. The van der Waals surface area contributed by atoms with E-state index in [1.54, 1.807) is 12.1 Å². The first-order valence-corrected chi connectivity index (χ1v) is 10.3. The minimum Gasteiger partial charge on any atom is -0.394 e. The second-order valence-electron chi connectivity index (χ2n) is 6.90. The Labute approximate surface area is 179 Å². The van der Waals surface area contributed by atoms with Gasteiger partial charge < -0.3 is 35.8 Å². The molecule has 1 aromatic carbocycles. The fourth-order valence-corrected chi connectivity index (χ4v) is 3.34. The first-order valence-electron chi connectivity index (χ1n) is 9.59. The van der Waals surface area contributed by atoms with Gasteiger partial charge in [0.15, 0.2) is 12.4 Å². The molecular formula is C19H28Cl2N2O6. The van der Waals surface area contributed by atoms with Crippen LogP contribution in [0.2, 0.25) is 10.0 Å². The largest absolute Gasteiger partial charge is 0.394 e. The van der Waals surface area contributed by atoms with Gasteiger partial charge in [-0.2, -0.15) is 0 Å². The quantitative estimate of drug-likeness (QED) is 0.337. The minimum absolute atomic E-state index is 0.264. The molecule has 6 N–H and O–H groups in total. The number of ether oxygens (including phenoxy) is 2. The SMILES string of the molecule is NCCCCCCNC(=O)[C@@H]1OC(c2ccc(Cl)c(Cl)c2)O[C@H]([C@@H](O)CO)[C@H]1O. The molecule has 1 aliphatic heterocycles. The van der Waals surface area contributed by atoms with Gasteiger partial charge in [0.05, 0.1) is 16.7 Å². The molecule has 8 nitrogen and oxygen atoms in total. The standard InChI is InChI=1S/C19H28Cl2N2O6/c20-12-6-5-11(9-13(12)21)19-28-16(14(25)10-24)15(26)17(29-19)18(27)23-8-4-2-1-3-7-22/h5-6,9,14-17,19,24-26H,1-4,7-8,10,22H2,(H,23,27)/t14-,15+,16+,17+,19?/m0/s1. The van der Waals surface area contributed by atoms with Gasteiger partial charge in [0.2, 0.25) is 0 Å². The van der Waals surface area contributed by atoms with Crippen LogP contribution in [-0.2, 0) is 14.3 Å².